The maximum atomic E-state index is 13.2. The molecule has 126 valence electrons. The number of anilines is 1. The van der Waals surface area contributed by atoms with Gasteiger partial charge >= 0.3 is 0 Å². The lowest BCUT2D eigenvalue weighted by Gasteiger charge is -2.03. The van der Waals surface area contributed by atoms with Crippen LogP contribution in [0, 0.1) is 5.82 Å². The summed E-state index contributed by atoms with van der Waals surface area (Å²) in [5, 5.41) is 2.13. The zero-order chi connectivity index (χ0) is 17.5. The molecular weight excluding hydrogens is 339 g/mol. The summed E-state index contributed by atoms with van der Waals surface area (Å²) in [6.07, 6.45) is 0. The standard InChI is InChI=1S/C14H13FN4O4S/c1-16-24(21,22)12-6-5-11(23-12)13(20)18-14-17-9-7-8(15)3-4-10(9)19(14)2/h3-7,16H,1-2H3,(H,17,18,20). The number of benzene rings is 1. The van der Waals surface area contributed by atoms with E-state index in [9.17, 15) is 17.6 Å². The Balaban J connectivity index is 1.89. The first kappa shape index (κ1) is 16.1. The third-order valence-electron chi connectivity index (χ3n) is 3.41. The van der Waals surface area contributed by atoms with E-state index in [0.29, 0.717) is 11.0 Å². The Hall–Kier alpha value is -2.72. The monoisotopic (exact) mass is 352 g/mol. The van der Waals surface area contributed by atoms with Crippen molar-refractivity contribution in [1.82, 2.24) is 14.3 Å². The lowest BCUT2D eigenvalue weighted by molar-refractivity contribution is 0.0990. The van der Waals surface area contributed by atoms with Gasteiger partial charge in [0.15, 0.2) is 5.76 Å². The smallest absolute Gasteiger partial charge is 0.293 e. The van der Waals surface area contributed by atoms with Crippen LogP contribution in [0.25, 0.3) is 11.0 Å². The number of hydrogen-bond donors (Lipinski definition) is 2. The van der Waals surface area contributed by atoms with Crippen LogP contribution in [0.4, 0.5) is 10.3 Å². The van der Waals surface area contributed by atoms with Crippen LogP contribution in [0.3, 0.4) is 0 Å². The average molecular weight is 352 g/mol. The Morgan fingerprint density at radius 3 is 2.75 bits per heavy atom. The molecular formula is C14H13FN4O4S. The highest BCUT2D eigenvalue weighted by Crippen LogP contribution is 2.20. The minimum atomic E-state index is -3.78. The zero-order valence-electron chi connectivity index (χ0n) is 12.7. The van der Waals surface area contributed by atoms with Gasteiger partial charge in [-0.25, -0.2) is 22.5 Å². The minimum absolute atomic E-state index is 0.176. The van der Waals surface area contributed by atoms with E-state index in [1.807, 2.05) is 0 Å². The normalized spacial score (nSPS) is 11.8. The molecule has 0 saturated heterocycles. The molecule has 3 rings (SSSR count). The molecule has 2 heterocycles. The predicted molar refractivity (Wildman–Crippen MR) is 83.6 cm³/mol. The van der Waals surface area contributed by atoms with E-state index in [1.165, 1.54) is 37.4 Å². The van der Waals surface area contributed by atoms with Crippen molar-refractivity contribution in [2.75, 3.05) is 12.4 Å². The van der Waals surface area contributed by atoms with Crippen LogP contribution >= 0.6 is 0 Å². The highest BCUT2D eigenvalue weighted by atomic mass is 32.2. The highest BCUT2D eigenvalue weighted by molar-refractivity contribution is 7.89. The van der Waals surface area contributed by atoms with Gasteiger partial charge in [0.05, 0.1) is 11.0 Å². The van der Waals surface area contributed by atoms with E-state index < -0.39 is 21.7 Å². The molecule has 0 radical (unpaired) electrons. The van der Waals surface area contributed by atoms with E-state index in [-0.39, 0.29) is 16.8 Å². The average Bonchev–Trinajstić information content (AvgIpc) is 3.14. The van der Waals surface area contributed by atoms with Crippen molar-refractivity contribution in [2.24, 2.45) is 7.05 Å². The van der Waals surface area contributed by atoms with Crippen LogP contribution in [0.1, 0.15) is 10.6 Å². The minimum Gasteiger partial charge on any atom is -0.438 e. The van der Waals surface area contributed by atoms with Crippen LogP contribution in [-0.2, 0) is 17.1 Å². The van der Waals surface area contributed by atoms with Gasteiger partial charge in [-0.15, -0.1) is 0 Å². The van der Waals surface area contributed by atoms with Crippen molar-refractivity contribution >= 4 is 32.9 Å². The first-order valence-corrected chi connectivity index (χ1v) is 8.27. The molecule has 0 atom stereocenters. The van der Waals surface area contributed by atoms with Crippen molar-refractivity contribution in [3.05, 3.63) is 41.9 Å². The Morgan fingerprint density at radius 2 is 2.04 bits per heavy atom. The number of fused-ring (bicyclic) bond motifs is 1. The van der Waals surface area contributed by atoms with E-state index in [0.717, 1.165) is 0 Å². The molecule has 0 fully saturated rings. The number of furan rings is 1. The van der Waals surface area contributed by atoms with E-state index >= 15 is 0 Å². The summed E-state index contributed by atoms with van der Waals surface area (Å²) >= 11 is 0. The van der Waals surface area contributed by atoms with Crippen LogP contribution in [0.5, 0.6) is 0 Å². The van der Waals surface area contributed by atoms with Gasteiger partial charge in [-0.05, 0) is 31.3 Å². The number of rotatable bonds is 4. The van der Waals surface area contributed by atoms with Crippen molar-refractivity contribution < 1.29 is 22.0 Å². The molecule has 0 saturated carbocycles. The second-order valence-electron chi connectivity index (χ2n) is 4.91. The number of carbonyl (C=O) groups excluding carboxylic acids is 1. The van der Waals surface area contributed by atoms with Gasteiger partial charge < -0.3 is 8.98 Å². The SMILES string of the molecule is CNS(=O)(=O)c1ccc(C(=O)Nc2nc3cc(F)ccc3n2C)o1. The Bertz CT molecular complexity index is 1040. The zero-order valence-corrected chi connectivity index (χ0v) is 13.5. The van der Waals surface area contributed by atoms with Gasteiger partial charge in [0, 0.05) is 13.1 Å². The molecule has 24 heavy (non-hydrogen) atoms. The number of imidazole rings is 1. The number of hydrogen-bond acceptors (Lipinski definition) is 5. The molecule has 0 bridgehead atoms. The lowest BCUT2D eigenvalue weighted by atomic mass is 10.3. The molecule has 2 aromatic heterocycles. The summed E-state index contributed by atoms with van der Waals surface area (Å²) in [6, 6.07) is 6.48. The number of aryl methyl sites for hydroxylation is 1. The molecule has 3 aromatic rings. The molecule has 1 amide bonds. The number of carbonyl (C=O) groups is 1. The number of nitrogens with one attached hydrogen (secondary N) is 2. The van der Waals surface area contributed by atoms with Crippen LogP contribution in [0.15, 0.2) is 39.8 Å². The second kappa shape index (κ2) is 5.73. The third kappa shape index (κ3) is 2.76. The number of amides is 1. The first-order chi connectivity index (χ1) is 11.3. The molecule has 2 N–H and O–H groups in total. The van der Waals surface area contributed by atoms with Crippen molar-refractivity contribution in [3.63, 3.8) is 0 Å². The quantitative estimate of drug-likeness (QED) is 0.739. The summed E-state index contributed by atoms with van der Waals surface area (Å²) in [6.45, 7) is 0. The molecule has 10 heteroatoms. The van der Waals surface area contributed by atoms with Crippen LogP contribution in [-0.4, -0.2) is 30.9 Å². The maximum absolute atomic E-state index is 13.2. The second-order valence-corrected chi connectivity index (χ2v) is 6.73. The number of aromatic nitrogens is 2. The summed E-state index contributed by atoms with van der Waals surface area (Å²) < 4.78 is 45.2. The van der Waals surface area contributed by atoms with Crippen LogP contribution < -0.4 is 10.0 Å². The van der Waals surface area contributed by atoms with E-state index in [1.54, 1.807) is 11.6 Å². The lowest BCUT2D eigenvalue weighted by Crippen LogP contribution is -2.18. The van der Waals surface area contributed by atoms with Crippen LogP contribution in [0.2, 0.25) is 0 Å². The Morgan fingerprint density at radius 1 is 1.29 bits per heavy atom. The topological polar surface area (TPSA) is 106 Å². The summed E-state index contributed by atoms with van der Waals surface area (Å²) in [5.41, 5.74) is 1.01. The fraction of sp³-hybridized carbons (Fsp3) is 0.143. The number of nitrogens with zero attached hydrogens (tertiary/aromatic N) is 2. The summed E-state index contributed by atoms with van der Waals surface area (Å²) in [5.74, 6) is -1.13. The fourth-order valence-electron chi connectivity index (χ4n) is 2.14. The summed E-state index contributed by atoms with van der Waals surface area (Å²) in [7, 11) is -0.889. The molecule has 0 aliphatic rings. The molecule has 8 nitrogen and oxygen atoms in total. The largest absolute Gasteiger partial charge is 0.438 e. The van der Waals surface area contributed by atoms with Gasteiger partial charge in [0.1, 0.15) is 5.82 Å². The molecule has 1 aromatic carbocycles. The van der Waals surface area contributed by atoms with Crippen molar-refractivity contribution in [1.29, 1.82) is 0 Å². The Labute approximate surface area is 136 Å². The van der Waals surface area contributed by atoms with Gasteiger partial charge in [-0.3, -0.25) is 10.1 Å². The highest BCUT2D eigenvalue weighted by Gasteiger charge is 2.20. The fourth-order valence-corrected chi connectivity index (χ4v) is 2.78. The predicted octanol–water partition coefficient (Wildman–Crippen LogP) is 1.47. The van der Waals surface area contributed by atoms with Gasteiger partial charge in [-0.2, -0.15) is 0 Å². The molecule has 0 aliphatic heterocycles. The van der Waals surface area contributed by atoms with E-state index in [2.05, 4.69) is 15.0 Å². The number of halogens is 1. The molecule has 0 spiro atoms. The maximum Gasteiger partial charge on any atom is 0.293 e. The van der Waals surface area contributed by atoms with E-state index in [4.69, 9.17) is 4.42 Å². The van der Waals surface area contributed by atoms with Gasteiger partial charge in [0.25, 0.3) is 15.9 Å². The van der Waals surface area contributed by atoms with Gasteiger partial charge in [-0.1, -0.05) is 0 Å². The number of sulfonamides is 1. The van der Waals surface area contributed by atoms with Crippen molar-refractivity contribution in [3.8, 4) is 0 Å². The Kier molecular flexibility index (Phi) is 3.85. The molecule has 0 aliphatic carbocycles. The van der Waals surface area contributed by atoms with Gasteiger partial charge in [0.2, 0.25) is 11.0 Å². The van der Waals surface area contributed by atoms with Crippen molar-refractivity contribution in [2.45, 2.75) is 5.09 Å². The molecule has 0 unspecified atom stereocenters. The third-order valence-corrected chi connectivity index (χ3v) is 4.69. The summed E-state index contributed by atoms with van der Waals surface area (Å²) in [4.78, 5) is 16.3. The first-order valence-electron chi connectivity index (χ1n) is 6.78.